The molecular weight excluding hydrogens is 505 g/mol. The molecule has 1 N–H and O–H groups in total. The van der Waals surface area contributed by atoms with Crippen molar-refractivity contribution in [3.8, 4) is 5.75 Å². The lowest BCUT2D eigenvalue weighted by molar-refractivity contribution is -0.137. The van der Waals surface area contributed by atoms with Gasteiger partial charge < -0.3 is 10.0 Å². The van der Waals surface area contributed by atoms with Gasteiger partial charge in [-0.1, -0.05) is 71.4 Å². The highest BCUT2D eigenvalue weighted by Gasteiger charge is 2.30. The first-order chi connectivity index (χ1) is 18.1. The highest BCUT2D eigenvalue weighted by Crippen LogP contribution is 2.33. The smallest absolute Gasteiger partial charge is 0.416 e. The van der Waals surface area contributed by atoms with E-state index in [1.54, 1.807) is 18.2 Å². The molecule has 0 fully saturated rings. The van der Waals surface area contributed by atoms with Crippen LogP contribution in [-0.2, 0) is 19.3 Å². The Morgan fingerprint density at radius 2 is 1.45 bits per heavy atom. The number of aromatic hydroxyl groups is 1. The Hall–Kier alpha value is -3.71. The summed E-state index contributed by atoms with van der Waals surface area (Å²) in [6, 6.07) is 26.3. The highest BCUT2D eigenvalue weighted by molar-refractivity contribution is 8.13. The molecule has 4 rings (SSSR count). The maximum atomic E-state index is 13.2. The van der Waals surface area contributed by atoms with E-state index in [4.69, 9.17) is 4.99 Å². The number of hydrogen-bond donors (Lipinski definition) is 1. The first kappa shape index (κ1) is 27.3. The van der Waals surface area contributed by atoms with Crippen molar-refractivity contribution in [2.75, 3.05) is 0 Å². The van der Waals surface area contributed by atoms with Crippen molar-refractivity contribution in [3.63, 3.8) is 0 Å². The van der Waals surface area contributed by atoms with Gasteiger partial charge >= 0.3 is 6.18 Å². The molecule has 0 radical (unpaired) electrons. The van der Waals surface area contributed by atoms with Crippen LogP contribution in [0.15, 0.2) is 101 Å². The van der Waals surface area contributed by atoms with Gasteiger partial charge in [0.1, 0.15) is 5.75 Å². The van der Waals surface area contributed by atoms with Crippen LogP contribution in [0.1, 0.15) is 33.4 Å². The van der Waals surface area contributed by atoms with Crippen molar-refractivity contribution < 1.29 is 18.3 Å². The number of alkyl halides is 3. The normalized spacial score (nSPS) is 12.0. The van der Waals surface area contributed by atoms with Gasteiger partial charge in [-0.3, -0.25) is 0 Å². The van der Waals surface area contributed by atoms with E-state index < -0.39 is 11.7 Å². The number of phenolic OH excluding ortho intramolecular Hbond substituents is 1. The molecule has 0 unspecified atom stereocenters. The lowest BCUT2D eigenvalue weighted by atomic mass is 10.1. The zero-order valence-electron chi connectivity index (χ0n) is 21.5. The molecule has 0 aliphatic carbocycles. The quantitative estimate of drug-likeness (QED) is 0.153. The largest absolute Gasteiger partial charge is 0.508 e. The molecular formula is C31H29F3N2OS. The third kappa shape index (κ3) is 7.42. The second kappa shape index (κ2) is 11.8. The number of halogens is 3. The molecule has 4 aromatic carbocycles. The van der Waals surface area contributed by atoms with E-state index in [2.05, 4.69) is 23.1 Å². The van der Waals surface area contributed by atoms with E-state index in [1.807, 2.05) is 51.1 Å². The number of aryl methyl sites for hydroxylation is 3. The molecule has 0 heterocycles. The van der Waals surface area contributed by atoms with Gasteiger partial charge in [0.05, 0.1) is 11.3 Å². The first-order valence-corrected chi connectivity index (χ1v) is 13.0. The fraction of sp³-hybridized carbons (Fsp3) is 0.194. The Balaban J connectivity index is 1.78. The Morgan fingerprint density at radius 3 is 2.08 bits per heavy atom. The number of thioether (sulfide) groups is 1. The van der Waals surface area contributed by atoms with Crippen LogP contribution in [0.2, 0.25) is 0 Å². The molecule has 0 saturated carbocycles. The van der Waals surface area contributed by atoms with E-state index in [-0.39, 0.29) is 5.75 Å². The van der Waals surface area contributed by atoms with Crippen molar-refractivity contribution in [1.82, 2.24) is 4.90 Å². The molecule has 0 aromatic heterocycles. The fourth-order valence-electron chi connectivity index (χ4n) is 3.99. The summed E-state index contributed by atoms with van der Waals surface area (Å²) in [6.07, 6.45) is -4.41. The van der Waals surface area contributed by atoms with Gasteiger partial charge in [0, 0.05) is 18.0 Å². The van der Waals surface area contributed by atoms with Crippen molar-refractivity contribution >= 4 is 22.6 Å². The lowest BCUT2D eigenvalue weighted by Crippen LogP contribution is -2.28. The maximum absolute atomic E-state index is 13.2. The monoisotopic (exact) mass is 534 g/mol. The minimum absolute atomic E-state index is 0.168. The predicted molar refractivity (Wildman–Crippen MR) is 149 cm³/mol. The lowest BCUT2D eigenvalue weighted by Gasteiger charge is -2.27. The van der Waals surface area contributed by atoms with Gasteiger partial charge in [-0.25, -0.2) is 4.99 Å². The molecule has 7 heteroatoms. The summed E-state index contributed by atoms with van der Waals surface area (Å²) in [4.78, 5) is 7.94. The minimum Gasteiger partial charge on any atom is -0.508 e. The second-order valence-electron chi connectivity index (χ2n) is 9.32. The molecule has 0 atom stereocenters. The van der Waals surface area contributed by atoms with E-state index in [0.717, 1.165) is 44.8 Å². The number of hydrogen-bond acceptors (Lipinski definition) is 3. The minimum atomic E-state index is -4.41. The Bertz CT molecular complexity index is 1410. The average molecular weight is 535 g/mol. The summed E-state index contributed by atoms with van der Waals surface area (Å²) in [7, 11) is 0. The highest BCUT2D eigenvalue weighted by atomic mass is 32.2. The summed E-state index contributed by atoms with van der Waals surface area (Å²) < 4.78 is 39.5. The van der Waals surface area contributed by atoms with Gasteiger partial charge in [-0.05, 0) is 79.9 Å². The number of phenols is 1. The third-order valence-electron chi connectivity index (χ3n) is 6.00. The molecule has 0 spiro atoms. The van der Waals surface area contributed by atoms with E-state index in [0.29, 0.717) is 23.9 Å². The molecule has 196 valence electrons. The zero-order valence-corrected chi connectivity index (χ0v) is 22.3. The fourth-order valence-corrected chi connectivity index (χ4v) is 4.95. The summed E-state index contributed by atoms with van der Waals surface area (Å²) in [6.45, 7) is 7.06. The van der Waals surface area contributed by atoms with Gasteiger partial charge in [0.25, 0.3) is 0 Å². The zero-order chi connectivity index (χ0) is 27.3. The van der Waals surface area contributed by atoms with Gasteiger partial charge in [-0.15, -0.1) is 0 Å². The molecule has 0 bridgehead atoms. The van der Waals surface area contributed by atoms with Crippen LogP contribution < -0.4 is 0 Å². The maximum Gasteiger partial charge on any atom is 0.416 e. The number of nitrogens with zero attached hydrogens (tertiary/aromatic N) is 2. The SMILES string of the molecule is Cc1ccc(CN(Cc2cccc(O)c2)C(=Nc2ccc(C(F)(F)F)cc2)Sc2ccc(C)cc2C)cc1. The average Bonchev–Trinajstić information content (AvgIpc) is 2.86. The van der Waals surface area contributed by atoms with Gasteiger partial charge in [0.15, 0.2) is 5.17 Å². The predicted octanol–water partition coefficient (Wildman–Crippen LogP) is 8.82. The number of aliphatic imine (C=N–C) groups is 1. The molecule has 4 aromatic rings. The Morgan fingerprint density at radius 1 is 0.789 bits per heavy atom. The van der Waals surface area contributed by atoms with Crippen molar-refractivity contribution in [3.05, 3.63) is 124 Å². The Labute approximate surface area is 225 Å². The Kier molecular flexibility index (Phi) is 8.47. The van der Waals surface area contributed by atoms with Crippen LogP contribution in [0.25, 0.3) is 0 Å². The summed E-state index contributed by atoms with van der Waals surface area (Å²) in [5, 5.41) is 10.7. The van der Waals surface area contributed by atoms with Crippen LogP contribution in [0.4, 0.5) is 18.9 Å². The molecule has 0 saturated heterocycles. The topological polar surface area (TPSA) is 35.8 Å². The molecule has 0 amide bonds. The molecule has 3 nitrogen and oxygen atoms in total. The summed E-state index contributed by atoms with van der Waals surface area (Å²) >= 11 is 1.47. The molecule has 38 heavy (non-hydrogen) atoms. The van der Waals surface area contributed by atoms with Gasteiger partial charge in [-0.2, -0.15) is 13.2 Å². The first-order valence-electron chi connectivity index (χ1n) is 12.2. The van der Waals surface area contributed by atoms with Crippen molar-refractivity contribution in [2.45, 2.75) is 44.9 Å². The van der Waals surface area contributed by atoms with E-state index in [1.165, 1.54) is 23.9 Å². The van der Waals surface area contributed by atoms with Crippen molar-refractivity contribution in [2.24, 2.45) is 4.99 Å². The second-order valence-corrected chi connectivity index (χ2v) is 10.3. The van der Waals surface area contributed by atoms with Gasteiger partial charge in [0.2, 0.25) is 0 Å². The van der Waals surface area contributed by atoms with Crippen LogP contribution in [0.3, 0.4) is 0 Å². The molecule has 0 aliphatic heterocycles. The number of amidine groups is 1. The van der Waals surface area contributed by atoms with Crippen LogP contribution in [-0.4, -0.2) is 15.2 Å². The van der Waals surface area contributed by atoms with Crippen LogP contribution in [0.5, 0.6) is 5.75 Å². The standard InChI is InChI=1S/C31H29F3N2OS/c1-21-7-10-24(11-8-21)19-36(20-25-5-4-6-28(37)18-25)30(38-29-16-9-22(2)17-23(29)3)35-27-14-12-26(13-15-27)31(32,33)34/h4-18,37H,19-20H2,1-3H3. The van der Waals surface area contributed by atoms with Crippen molar-refractivity contribution in [1.29, 1.82) is 0 Å². The summed E-state index contributed by atoms with van der Waals surface area (Å²) in [5.74, 6) is 0.168. The van der Waals surface area contributed by atoms with E-state index >= 15 is 0 Å². The van der Waals surface area contributed by atoms with Crippen LogP contribution in [0, 0.1) is 20.8 Å². The number of benzene rings is 4. The summed E-state index contributed by atoms with van der Waals surface area (Å²) in [5.41, 5.74) is 5.05. The molecule has 0 aliphatic rings. The number of rotatable bonds is 6. The third-order valence-corrected chi connectivity index (χ3v) is 7.21. The van der Waals surface area contributed by atoms with Crippen LogP contribution >= 0.6 is 11.8 Å². The van der Waals surface area contributed by atoms with E-state index in [9.17, 15) is 18.3 Å².